The summed E-state index contributed by atoms with van der Waals surface area (Å²) in [5, 5.41) is 11.4. The summed E-state index contributed by atoms with van der Waals surface area (Å²) in [6.07, 6.45) is 1.25. The molecule has 0 fully saturated rings. The number of rotatable bonds is 4. The Labute approximate surface area is 103 Å². The Bertz CT molecular complexity index is 450. The number of carboxylic acid groups (broad SMARTS) is 1. The third-order valence-corrected chi connectivity index (χ3v) is 2.42. The first kappa shape index (κ1) is 13.2. The Morgan fingerprint density at radius 2 is 2.24 bits per heavy atom. The summed E-state index contributed by atoms with van der Waals surface area (Å²) in [7, 11) is 3.16. The maximum absolute atomic E-state index is 11.2. The maximum atomic E-state index is 11.2. The number of aromatic nitrogens is 1. The van der Waals surface area contributed by atoms with Crippen LogP contribution in [0, 0.1) is 0 Å². The van der Waals surface area contributed by atoms with Crippen LogP contribution in [0.1, 0.15) is 10.4 Å². The number of pyridine rings is 1. The van der Waals surface area contributed by atoms with Crippen LogP contribution >= 0.6 is 11.6 Å². The Balaban J connectivity index is 2.95. The van der Waals surface area contributed by atoms with Crippen molar-refractivity contribution in [3.63, 3.8) is 0 Å². The van der Waals surface area contributed by atoms with Crippen molar-refractivity contribution in [3.05, 3.63) is 22.8 Å². The monoisotopic (exact) mass is 257 g/mol. The molecule has 1 rings (SSSR count). The van der Waals surface area contributed by atoms with Gasteiger partial charge in [-0.2, -0.15) is 0 Å². The summed E-state index contributed by atoms with van der Waals surface area (Å²) in [5.74, 6) is -0.955. The molecule has 0 bridgehead atoms. The fourth-order valence-corrected chi connectivity index (χ4v) is 1.36. The van der Waals surface area contributed by atoms with E-state index < -0.39 is 5.97 Å². The summed E-state index contributed by atoms with van der Waals surface area (Å²) < 4.78 is 0. The van der Waals surface area contributed by atoms with Crippen LogP contribution in [0.25, 0.3) is 0 Å². The molecule has 0 aromatic carbocycles. The standard InChI is InChI=1S/C10H12ClN3O3/c1-12-9(15)5-14(2)8-3-6(10(16)17)7(11)4-13-8/h3-4H,5H2,1-2H3,(H,12,15)(H,16,17). The van der Waals surface area contributed by atoms with Crippen molar-refractivity contribution in [1.82, 2.24) is 10.3 Å². The summed E-state index contributed by atoms with van der Waals surface area (Å²) >= 11 is 5.69. The molecule has 0 aliphatic carbocycles. The Morgan fingerprint density at radius 1 is 1.59 bits per heavy atom. The molecule has 0 aliphatic rings. The zero-order chi connectivity index (χ0) is 13.0. The van der Waals surface area contributed by atoms with Crippen LogP contribution in [-0.4, -0.2) is 42.6 Å². The van der Waals surface area contributed by atoms with Gasteiger partial charge in [0.05, 0.1) is 17.1 Å². The Kier molecular flexibility index (Phi) is 4.28. The van der Waals surface area contributed by atoms with Crippen LogP contribution in [0.3, 0.4) is 0 Å². The first-order chi connectivity index (χ1) is 7.95. The topological polar surface area (TPSA) is 82.5 Å². The van der Waals surface area contributed by atoms with E-state index in [1.165, 1.54) is 24.2 Å². The van der Waals surface area contributed by atoms with E-state index in [0.717, 1.165) is 0 Å². The number of likely N-dealkylation sites (N-methyl/N-ethyl adjacent to an activating group) is 2. The molecule has 1 aromatic rings. The molecular weight excluding hydrogens is 246 g/mol. The largest absolute Gasteiger partial charge is 0.478 e. The second-order valence-corrected chi connectivity index (χ2v) is 3.76. The summed E-state index contributed by atoms with van der Waals surface area (Å²) in [5.41, 5.74) is -0.0413. The number of hydrogen-bond donors (Lipinski definition) is 2. The minimum atomic E-state index is -1.13. The number of anilines is 1. The second-order valence-electron chi connectivity index (χ2n) is 3.36. The molecule has 92 valence electrons. The summed E-state index contributed by atoms with van der Waals surface area (Å²) in [4.78, 5) is 27.5. The first-order valence-corrected chi connectivity index (χ1v) is 5.14. The number of hydrogen-bond acceptors (Lipinski definition) is 4. The van der Waals surface area contributed by atoms with E-state index in [1.807, 2.05) is 0 Å². The maximum Gasteiger partial charge on any atom is 0.337 e. The minimum Gasteiger partial charge on any atom is -0.478 e. The molecule has 0 unspecified atom stereocenters. The van der Waals surface area contributed by atoms with E-state index in [2.05, 4.69) is 10.3 Å². The van der Waals surface area contributed by atoms with Gasteiger partial charge in [0.25, 0.3) is 0 Å². The van der Waals surface area contributed by atoms with Gasteiger partial charge in [-0.1, -0.05) is 11.6 Å². The van der Waals surface area contributed by atoms with Crippen LogP contribution in [0.15, 0.2) is 12.3 Å². The van der Waals surface area contributed by atoms with Gasteiger partial charge in [0.2, 0.25) is 5.91 Å². The molecule has 0 aliphatic heterocycles. The normalized spacial score (nSPS) is 9.82. The van der Waals surface area contributed by atoms with E-state index in [9.17, 15) is 9.59 Å². The van der Waals surface area contributed by atoms with Gasteiger partial charge in [0, 0.05) is 20.3 Å². The smallest absolute Gasteiger partial charge is 0.337 e. The predicted octanol–water partition coefficient (Wildman–Crippen LogP) is 0.615. The van der Waals surface area contributed by atoms with E-state index in [-0.39, 0.29) is 23.0 Å². The highest BCUT2D eigenvalue weighted by Crippen LogP contribution is 2.19. The van der Waals surface area contributed by atoms with E-state index in [4.69, 9.17) is 16.7 Å². The van der Waals surface area contributed by atoms with Crippen LogP contribution in [0.5, 0.6) is 0 Å². The highest BCUT2D eigenvalue weighted by atomic mass is 35.5. The quantitative estimate of drug-likeness (QED) is 0.826. The fraction of sp³-hybridized carbons (Fsp3) is 0.300. The minimum absolute atomic E-state index is 0.0413. The molecule has 7 heteroatoms. The zero-order valence-electron chi connectivity index (χ0n) is 9.40. The average Bonchev–Trinajstić information content (AvgIpc) is 2.28. The third kappa shape index (κ3) is 3.32. The Hall–Kier alpha value is -1.82. The molecular formula is C10H12ClN3O3. The lowest BCUT2D eigenvalue weighted by molar-refractivity contribution is -0.119. The molecule has 17 heavy (non-hydrogen) atoms. The number of nitrogens with zero attached hydrogens (tertiary/aromatic N) is 2. The first-order valence-electron chi connectivity index (χ1n) is 4.76. The molecule has 0 radical (unpaired) electrons. The highest BCUT2D eigenvalue weighted by Gasteiger charge is 2.13. The van der Waals surface area contributed by atoms with Gasteiger partial charge < -0.3 is 15.3 Å². The lowest BCUT2D eigenvalue weighted by atomic mass is 10.2. The third-order valence-electron chi connectivity index (χ3n) is 2.12. The van der Waals surface area contributed by atoms with Crippen LogP contribution < -0.4 is 10.2 Å². The second kappa shape index (κ2) is 5.49. The van der Waals surface area contributed by atoms with Crippen molar-refractivity contribution in [1.29, 1.82) is 0 Å². The highest BCUT2D eigenvalue weighted by molar-refractivity contribution is 6.33. The molecule has 2 N–H and O–H groups in total. The molecule has 0 saturated heterocycles. The van der Waals surface area contributed by atoms with Gasteiger partial charge in [0.1, 0.15) is 5.82 Å². The van der Waals surface area contributed by atoms with Crippen molar-refractivity contribution in [2.75, 3.05) is 25.5 Å². The molecule has 0 atom stereocenters. The number of carboxylic acids is 1. The lowest BCUT2D eigenvalue weighted by Crippen LogP contribution is -2.33. The van der Waals surface area contributed by atoms with Gasteiger partial charge in [0.15, 0.2) is 0 Å². The van der Waals surface area contributed by atoms with Crippen LogP contribution in [0.4, 0.5) is 5.82 Å². The van der Waals surface area contributed by atoms with Crippen LogP contribution in [0.2, 0.25) is 5.02 Å². The Morgan fingerprint density at radius 3 is 2.76 bits per heavy atom. The van der Waals surface area contributed by atoms with Gasteiger partial charge in [-0.25, -0.2) is 9.78 Å². The number of aromatic carboxylic acids is 1. The number of carbonyl (C=O) groups excluding carboxylic acids is 1. The van der Waals surface area contributed by atoms with Crippen molar-refractivity contribution in [3.8, 4) is 0 Å². The molecule has 1 amide bonds. The van der Waals surface area contributed by atoms with Crippen molar-refractivity contribution >= 4 is 29.3 Å². The zero-order valence-corrected chi connectivity index (χ0v) is 10.2. The fourth-order valence-electron chi connectivity index (χ4n) is 1.18. The average molecular weight is 258 g/mol. The lowest BCUT2D eigenvalue weighted by Gasteiger charge is -2.17. The molecule has 1 aromatic heterocycles. The van der Waals surface area contributed by atoms with Gasteiger partial charge in [-0.05, 0) is 6.07 Å². The van der Waals surface area contributed by atoms with E-state index in [1.54, 1.807) is 7.05 Å². The molecule has 0 saturated carbocycles. The predicted molar refractivity (Wildman–Crippen MR) is 63.5 cm³/mol. The molecule has 0 spiro atoms. The van der Waals surface area contributed by atoms with E-state index >= 15 is 0 Å². The molecule has 6 nitrogen and oxygen atoms in total. The molecule has 1 heterocycles. The summed E-state index contributed by atoms with van der Waals surface area (Å²) in [6, 6.07) is 1.33. The van der Waals surface area contributed by atoms with Crippen molar-refractivity contribution in [2.45, 2.75) is 0 Å². The number of halogens is 1. The number of nitrogens with one attached hydrogen (secondary N) is 1. The summed E-state index contributed by atoms with van der Waals surface area (Å²) in [6.45, 7) is 0.0875. The van der Waals surface area contributed by atoms with Crippen molar-refractivity contribution in [2.24, 2.45) is 0 Å². The van der Waals surface area contributed by atoms with Crippen LogP contribution in [-0.2, 0) is 4.79 Å². The number of amides is 1. The van der Waals surface area contributed by atoms with Crippen molar-refractivity contribution < 1.29 is 14.7 Å². The number of carbonyl (C=O) groups is 2. The SMILES string of the molecule is CNC(=O)CN(C)c1cc(C(=O)O)c(Cl)cn1. The van der Waals surface area contributed by atoms with Gasteiger partial charge in [-0.15, -0.1) is 0 Å². The van der Waals surface area contributed by atoms with E-state index in [0.29, 0.717) is 5.82 Å². The van der Waals surface area contributed by atoms with Gasteiger partial charge >= 0.3 is 5.97 Å². The van der Waals surface area contributed by atoms with Gasteiger partial charge in [-0.3, -0.25) is 4.79 Å².